The van der Waals surface area contributed by atoms with Crippen molar-refractivity contribution in [3.63, 3.8) is 0 Å². The molecular weight excluding hydrogens is 423 g/mol. The molecule has 0 atom stereocenters. The molecule has 0 saturated carbocycles. The van der Waals surface area contributed by atoms with Gasteiger partial charge in [0.1, 0.15) is 6.54 Å². The van der Waals surface area contributed by atoms with Crippen LogP contribution < -0.4 is 33.4 Å². The molecule has 2 aromatic carbocycles. The fourth-order valence-corrected chi connectivity index (χ4v) is 3.44. The summed E-state index contributed by atoms with van der Waals surface area (Å²) in [5.74, 6) is 0.891. The second kappa shape index (κ2) is 8.04. The molecule has 130 valence electrons. The number of anilines is 1. The van der Waals surface area contributed by atoms with Gasteiger partial charge in [0, 0.05) is 24.8 Å². The monoisotopic (exact) mass is 446 g/mol. The van der Waals surface area contributed by atoms with Gasteiger partial charge in [-0.15, -0.1) is 0 Å². The zero-order chi connectivity index (χ0) is 16.4. The molecular formula is C21H23IN2O. The van der Waals surface area contributed by atoms with Gasteiger partial charge < -0.3 is 33.3 Å². The second-order valence-electron chi connectivity index (χ2n) is 6.27. The summed E-state index contributed by atoms with van der Waals surface area (Å²) in [6.45, 7) is 5.41. The lowest BCUT2D eigenvalue weighted by Gasteiger charge is -2.17. The van der Waals surface area contributed by atoms with Gasteiger partial charge in [0.15, 0.2) is 0 Å². The molecule has 2 heterocycles. The molecule has 1 aromatic heterocycles. The number of para-hydroxylation sites is 2. The van der Waals surface area contributed by atoms with Gasteiger partial charge in [-0.3, -0.25) is 0 Å². The Bertz CT molecular complexity index is 861. The van der Waals surface area contributed by atoms with E-state index in [1.807, 2.05) is 12.1 Å². The quantitative estimate of drug-likeness (QED) is 0.448. The minimum absolute atomic E-state index is 0. The van der Waals surface area contributed by atoms with Gasteiger partial charge in [0.05, 0.1) is 6.08 Å². The summed E-state index contributed by atoms with van der Waals surface area (Å²) in [5, 5.41) is 0. The number of hydrogen-bond donors (Lipinski definition) is 0. The van der Waals surface area contributed by atoms with Crippen molar-refractivity contribution in [3.8, 4) is 0 Å². The molecule has 25 heavy (non-hydrogen) atoms. The van der Waals surface area contributed by atoms with Crippen LogP contribution in [0.4, 0.5) is 5.69 Å². The molecule has 0 aliphatic carbocycles. The maximum Gasteiger partial charge on any atom is 0.374 e. The first-order valence-corrected chi connectivity index (χ1v) is 8.79. The van der Waals surface area contributed by atoms with E-state index in [2.05, 4.69) is 64.9 Å². The summed E-state index contributed by atoms with van der Waals surface area (Å²) in [6, 6.07) is 17.0. The second-order valence-corrected chi connectivity index (χ2v) is 6.27. The Hall–Kier alpha value is -1.82. The van der Waals surface area contributed by atoms with Crippen LogP contribution in [-0.4, -0.2) is 13.1 Å². The van der Waals surface area contributed by atoms with Crippen LogP contribution in [0.25, 0.3) is 23.3 Å². The third kappa shape index (κ3) is 3.73. The molecule has 1 saturated heterocycles. The molecule has 1 fully saturated rings. The van der Waals surface area contributed by atoms with Crippen molar-refractivity contribution in [2.75, 3.05) is 18.0 Å². The zero-order valence-corrected chi connectivity index (χ0v) is 16.6. The van der Waals surface area contributed by atoms with Gasteiger partial charge in [-0.2, -0.15) is 4.57 Å². The van der Waals surface area contributed by atoms with E-state index < -0.39 is 0 Å². The lowest BCUT2D eigenvalue weighted by molar-refractivity contribution is -0.674. The number of nitrogens with zero attached hydrogens (tertiary/aromatic N) is 2. The summed E-state index contributed by atoms with van der Waals surface area (Å²) in [5.41, 5.74) is 4.60. The molecule has 0 spiro atoms. The van der Waals surface area contributed by atoms with Gasteiger partial charge in [0.2, 0.25) is 5.58 Å². The minimum atomic E-state index is 0. The summed E-state index contributed by atoms with van der Waals surface area (Å²) in [7, 11) is 0. The van der Waals surface area contributed by atoms with Crippen molar-refractivity contribution in [1.82, 2.24) is 0 Å². The van der Waals surface area contributed by atoms with E-state index in [1.54, 1.807) is 0 Å². The van der Waals surface area contributed by atoms with Crippen LogP contribution in [-0.2, 0) is 6.54 Å². The summed E-state index contributed by atoms with van der Waals surface area (Å²) >= 11 is 0. The molecule has 0 bridgehead atoms. The molecule has 0 unspecified atom stereocenters. The maximum absolute atomic E-state index is 5.98. The Labute approximate surface area is 166 Å². The average molecular weight is 446 g/mol. The van der Waals surface area contributed by atoms with Crippen LogP contribution in [0.1, 0.15) is 31.2 Å². The fraction of sp³-hybridized carbons (Fsp3) is 0.286. The van der Waals surface area contributed by atoms with Crippen LogP contribution in [0, 0.1) is 0 Å². The van der Waals surface area contributed by atoms with Crippen molar-refractivity contribution >= 4 is 28.9 Å². The highest BCUT2D eigenvalue weighted by Gasteiger charge is 2.18. The molecule has 0 amide bonds. The lowest BCUT2D eigenvalue weighted by atomic mass is 10.2. The molecule has 4 heteroatoms. The Morgan fingerprint density at radius 1 is 1.00 bits per heavy atom. The van der Waals surface area contributed by atoms with Crippen LogP contribution in [0.2, 0.25) is 0 Å². The highest BCUT2D eigenvalue weighted by Crippen LogP contribution is 2.21. The topological polar surface area (TPSA) is 20.3 Å². The first kappa shape index (κ1) is 18.0. The number of halogens is 1. The highest BCUT2D eigenvalue weighted by atomic mass is 127. The zero-order valence-electron chi connectivity index (χ0n) is 14.5. The number of oxazole rings is 1. The third-order valence-electron chi connectivity index (χ3n) is 4.74. The number of fused-ring (bicyclic) bond motifs is 1. The van der Waals surface area contributed by atoms with Crippen LogP contribution in [0.3, 0.4) is 0 Å². The molecule has 0 radical (unpaired) electrons. The number of aryl methyl sites for hydroxylation is 1. The lowest BCUT2D eigenvalue weighted by Crippen LogP contribution is -3.00. The van der Waals surface area contributed by atoms with Crippen molar-refractivity contribution < 1.29 is 33.0 Å². The van der Waals surface area contributed by atoms with E-state index in [0.29, 0.717) is 0 Å². The number of hydrogen-bond acceptors (Lipinski definition) is 2. The number of benzene rings is 2. The van der Waals surface area contributed by atoms with E-state index >= 15 is 0 Å². The predicted octanol–water partition coefficient (Wildman–Crippen LogP) is 1.51. The first-order valence-electron chi connectivity index (χ1n) is 8.79. The third-order valence-corrected chi connectivity index (χ3v) is 4.74. The van der Waals surface area contributed by atoms with Crippen LogP contribution in [0.15, 0.2) is 52.9 Å². The van der Waals surface area contributed by atoms with Gasteiger partial charge >= 0.3 is 5.89 Å². The van der Waals surface area contributed by atoms with Gasteiger partial charge in [0.25, 0.3) is 5.52 Å². The molecule has 4 rings (SSSR count). The summed E-state index contributed by atoms with van der Waals surface area (Å²) < 4.78 is 8.18. The van der Waals surface area contributed by atoms with Gasteiger partial charge in [-0.25, -0.2) is 0 Å². The van der Waals surface area contributed by atoms with E-state index in [4.69, 9.17) is 4.42 Å². The van der Waals surface area contributed by atoms with Gasteiger partial charge in [-0.1, -0.05) is 24.3 Å². The number of aromatic nitrogens is 1. The van der Waals surface area contributed by atoms with E-state index in [9.17, 15) is 0 Å². The average Bonchev–Trinajstić information content (AvgIpc) is 3.27. The fourth-order valence-electron chi connectivity index (χ4n) is 3.44. The van der Waals surface area contributed by atoms with Gasteiger partial charge in [-0.05, 0) is 49.6 Å². The molecule has 0 N–H and O–H groups in total. The molecule has 1 aliphatic heterocycles. The largest absolute Gasteiger partial charge is 1.00 e. The number of rotatable bonds is 4. The van der Waals surface area contributed by atoms with E-state index in [-0.39, 0.29) is 24.0 Å². The predicted molar refractivity (Wildman–Crippen MR) is 98.9 cm³/mol. The van der Waals surface area contributed by atoms with Crippen LogP contribution >= 0.6 is 0 Å². The summed E-state index contributed by atoms with van der Waals surface area (Å²) in [4.78, 5) is 2.46. The highest BCUT2D eigenvalue weighted by molar-refractivity contribution is 5.72. The maximum atomic E-state index is 5.98. The molecule has 3 nitrogen and oxygen atoms in total. The molecule has 3 aromatic rings. The smallest absolute Gasteiger partial charge is 0.374 e. The SMILES string of the molecule is CC[n+]1c(C=Cc2ccc(N3CCCC3)cc2)oc2ccccc21.[I-]. The van der Waals surface area contributed by atoms with Crippen molar-refractivity contribution in [3.05, 3.63) is 60.0 Å². The van der Waals surface area contributed by atoms with E-state index in [1.165, 1.54) is 37.2 Å². The normalized spacial score (nSPS) is 14.4. The van der Waals surface area contributed by atoms with Crippen molar-refractivity contribution in [1.29, 1.82) is 0 Å². The standard InChI is InChI=1S/C21H23N2O.HI/c1-2-23-19-7-3-4-8-20(19)24-21(23)14-11-17-9-12-18(13-10-17)22-15-5-6-16-22;/h3-4,7-14H,2,5-6,15-16H2,1H3;1H/q+1;/p-1. The van der Waals surface area contributed by atoms with Crippen molar-refractivity contribution in [2.24, 2.45) is 0 Å². The minimum Gasteiger partial charge on any atom is -1.00 e. The van der Waals surface area contributed by atoms with E-state index in [0.717, 1.165) is 23.5 Å². The molecule has 1 aliphatic rings. The Kier molecular flexibility index (Phi) is 5.78. The summed E-state index contributed by atoms with van der Waals surface area (Å²) in [6.07, 6.45) is 6.81. The first-order chi connectivity index (χ1) is 11.8. The van der Waals surface area contributed by atoms with Crippen molar-refractivity contribution in [2.45, 2.75) is 26.3 Å². The Morgan fingerprint density at radius 3 is 2.44 bits per heavy atom. The Morgan fingerprint density at radius 2 is 1.72 bits per heavy atom. The van der Waals surface area contributed by atoms with Crippen LogP contribution in [0.5, 0.6) is 0 Å². The Balaban J connectivity index is 0.00000182.